The highest BCUT2D eigenvalue weighted by molar-refractivity contribution is 9.10. The number of halogens is 4. The molecule has 100 valence electrons. The quantitative estimate of drug-likeness (QED) is 0.832. The van der Waals surface area contributed by atoms with Gasteiger partial charge in [0.2, 0.25) is 5.91 Å². The summed E-state index contributed by atoms with van der Waals surface area (Å²) >= 11 is 3.05. The van der Waals surface area contributed by atoms with E-state index in [2.05, 4.69) is 15.9 Å². The van der Waals surface area contributed by atoms with E-state index in [0.29, 0.717) is 10.4 Å². The number of aliphatic hydroxyl groups excluding tert-OH is 1. The van der Waals surface area contributed by atoms with Crippen LogP contribution in [0.1, 0.15) is 5.76 Å². The molecule has 0 saturated carbocycles. The molecule has 18 heavy (non-hydrogen) atoms. The highest BCUT2D eigenvalue weighted by Gasteiger charge is 2.37. The largest absolute Gasteiger partial charge is 0.450 e. The van der Waals surface area contributed by atoms with Crippen molar-refractivity contribution < 1.29 is 27.5 Å². The van der Waals surface area contributed by atoms with E-state index in [9.17, 15) is 18.0 Å². The third kappa shape index (κ3) is 4.92. The van der Waals surface area contributed by atoms with Crippen molar-refractivity contribution >= 4 is 27.9 Å². The number of hydrogen-bond donors (Lipinski definition) is 2. The first kappa shape index (κ1) is 14.8. The lowest BCUT2D eigenvalue weighted by atomic mass is 10.3. The fourth-order valence-electron chi connectivity index (χ4n) is 0.948. The Hall–Kier alpha value is -1.28. The molecule has 0 aliphatic rings. The van der Waals surface area contributed by atoms with Gasteiger partial charge in [-0.2, -0.15) is 13.2 Å². The summed E-state index contributed by atoms with van der Waals surface area (Å²) in [4.78, 5) is 11.1. The van der Waals surface area contributed by atoms with Crippen molar-refractivity contribution in [1.29, 1.82) is 0 Å². The van der Waals surface area contributed by atoms with Gasteiger partial charge in [0.05, 0.1) is 6.54 Å². The topological polar surface area (TPSA) is 62.5 Å². The van der Waals surface area contributed by atoms with Crippen molar-refractivity contribution in [2.75, 3.05) is 6.54 Å². The molecule has 0 aromatic carbocycles. The third-order valence-corrected chi connectivity index (χ3v) is 2.27. The molecule has 1 unspecified atom stereocenters. The van der Waals surface area contributed by atoms with Gasteiger partial charge in [0.1, 0.15) is 5.76 Å². The number of rotatable bonds is 4. The van der Waals surface area contributed by atoms with Crippen molar-refractivity contribution in [2.45, 2.75) is 12.3 Å². The molecule has 1 heterocycles. The maximum Gasteiger partial charge on any atom is 0.416 e. The van der Waals surface area contributed by atoms with Crippen molar-refractivity contribution in [3.63, 3.8) is 0 Å². The van der Waals surface area contributed by atoms with Crippen LogP contribution < -0.4 is 5.32 Å². The van der Waals surface area contributed by atoms with E-state index in [0.717, 1.165) is 6.08 Å². The van der Waals surface area contributed by atoms with Gasteiger partial charge in [-0.15, -0.1) is 0 Å². The van der Waals surface area contributed by atoms with E-state index in [1.807, 2.05) is 5.32 Å². The van der Waals surface area contributed by atoms with Crippen LogP contribution in [0.4, 0.5) is 13.2 Å². The fraction of sp³-hybridized carbons (Fsp3) is 0.300. The Morgan fingerprint density at radius 3 is 2.72 bits per heavy atom. The van der Waals surface area contributed by atoms with Gasteiger partial charge in [0, 0.05) is 6.08 Å². The number of carbonyl (C=O) groups is 1. The molecule has 1 rings (SSSR count). The number of alkyl halides is 3. The first-order chi connectivity index (χ1) is 8.29. The summed E-state index contributed by atoms with van der Waals surface area (Å²) in [5.74, 6) is -0.390. The highest BCUT2D eigenvalue weighted by Crippen LogP contribution is 2.19. The summed E-state index contributed by atoms with van der Waals surface area (Å²) in [6.07, 6.45) is -5.02. The molecule has 2 N–H and O–H groups in total. The molecule has 0 spiro atoms. The molecule has 0 aliphatic carbocycles. The molecule has 0 fully saturated rings. The lowest BCUT2D eigenvalue weighted by molar-refractivity contribution is -0.201. The Morgan fingerprint density at radius 1 is 1.56 bits per heavy atom. The normalized spacial score (nSPS) is 13.8. The predicted molar refractivity (Wildman–Crippen MR) is 60.5 cm³/mol. The van der Waals surface area contributed by atoms with Crippen LogP contribution in [0.5, 0.6) is 0 Å². The van der Waals surface area contributed by atoms with Crippen LogP contribution in [-0.2, 0) is 4.79 Å². The molecule has 1 aromatic rings. The van der Waals surface area contributed by atoms with Gasteiger partial charge in [-0.3, -0.25) is 4.79 Å². The predicted octanol–water partition coefficient (Wildman–Crippen LogP) is 2.09. The van der Waals surface area contributed by atoms with Gasteiger partial charge < -0.3 is 14.8 Å². The molecule has 0 radical (unpaired) electrons. The summed E-state index contributed by atoms with van der Waals surface area (Å²) in [5.41, 5.74) is 0. The van der Waals surface area contributed by atoms with Gasteiger partial charge in [-0.05, 0) is 34.1 Å². The lowest BCUT2D eigenvalue weighted by Crippen LogP contribution is -2.40. The maximum atomic E-state index is 11.9. The minimum absolute atomic E-state index is 0.369. The Bertz CT molecular complexity index is 442. The minimum atomic E-state index is -4.75. The van der Waals surface area contributed by atoms with Crippen LogP contribution in [-0.4, -0.2) is 29.8 Å². The van der Waals surface area contributed by atoms with E-state index in [1.54, 1.807) is 12.1 Å². The van der Waals surface area contributed by atoms with Gasteiger partial charge in [-0.25, -0.2) is 0 Å². The average molecular weight is 328 g/mol. The number of aliphatic hydroxyl groups is 1. The first-order valence-electron chi connectivity index (χ1n) is 4.75. The number of hydrogen-bond acceptors (Lipinski definition) is 3. The molecule has 1 atom stereocenters. The Kier molecular flexibility index (Phi) is 4.97. The van der Waals surface area contributed by atoms with Crippen LogP contribution in [0.15, 0.2) is 27.3 Å². The molecule has 0 saturated heterocycles. The number of carbonyl (C=O) groups excluding carboxylic acids is 1. The van der Waals surface area contributed by atoms with Crippen molar-refractivity contribution in [3.8, 4) is 0 Å². The van der Waals surface area contributed by atoms with E-state index >= 15 is 0 Å². The van der Waals surface area contributed by atoms with Gasteiger partial charge in [-0.1, -0.05) is 0 Å². The zero-order valence-electron chi connectivity index (χ0n) is 8.87. The molecule has 0 bridgehead atoms. The van der Waals surface area contributed by atoms with Crippen LogP contribution in [0.2, 0.25) is 0 Å². The molecule has 4 nitrogen and oxygen atoms in total. The van der Waals surface area contributed by atoms with E-state index in [1.165, 1.54) is 6.08 Å². The summed E-state index contributed by atoms with van der Waals surface area (Å²) in [6, 6.07) is 3.17. The van der Waals surface area contributed by atoms with Gasteiger partial charge >= 0.3 is 6.18 Å². The van der Waals surface area contributed by atoms with Crippen LogP contribution in [0.25, 0.3) is 6.08 Å². The second-order valence-electron chi connectivity index (χ2n) is 3.28. The van der Waals surface area contributed by atoms with Crippen LogP contribution in [0.3, 0.4) is 0 Å². The second kappa shape index (κ2) is 6.05. The average Bonchev–Trinajstić information content (AvgIpc) is 2.67. The molecular weight excluding hydrogens is 319 g/mol. The highest BCUT2D eigenvalue weighted by atomic mass is 79.9. The smallest absolute Gasteiger partial charge is 0.416 e. The third-order valence-electron chi connectivity index (χ3n) is 1.84. The van der Waals surface area contributed by atoms with E-state index < -0.39 is 24.7 Å². The molecular formula is C10H9BrF3NO3. The minimum Gasteiger partial charge on any atom is -0.450 e. The Balaban J connectivity index is 2.41. The number of nitrogens with one attached hydrogen (secondary N) is 1. The molecule has 1 amide bonds. The summed E-state index contributed by atoms with van der Waals surface area (Å²) in [5, 5.41) is 10.6. The van der Waals surface area contributed by atoms with E-state index in [-0.39, 0.29) is 0 Å². The summed E-state index contributed by atoms with van der Waals surface area (Å²) in [7, 11) is 0. The molecule has 8 heteroatoms. The Labute approximate surface area is 109 Å². The van der Waals surface area contributed by atoms with Crippen molar-refractivity contribution in [2.24, 2.45) is 0 Å². The van der Waals surface area contributed by atoms with Gasteiger partial charge in [0.15, 0.2) is 10.8 Å². The lowest BCUT2D eigenvalue weighted by Gasteiger charge is -2.14. The SMILES string of the molecule is O=C(/C=C/c1ccc(Br)o1)NCC(O)C(F)(F)F. The monoisotopic (exact) mass is 327 g/mol. The van der Waals surface area contributed by atoms with Gasteiger partial charge in [0.25, 0.3) is 0 Å². The first-order valence-corrected chi connectivity index (χ1v) is 5.54. The standard InChI is InChI=1S/C10H9BrF3NO3/c11-8-3-1-6(18-8)2-4-9(17)15-5-7(16)10(12,13)14/h1-4,7,16H,5H2,(H,15,17)/b4-2+. The number of furan rings is 1. The van der Waals surface area contributed by atoms with Crippen LogP contribution >= 0.6 is 15.9 Å². The molecule has 1 aromatic heterocycles. The summed E-state index contributed by atoms with van der Waals surface area (Å²) < 4.78 is 41.2. The summed E-state index contributed by atoms with van der Waals surface area (Å²) in [6.45, 7) is -0.894. The molecule has 0 aliphatic heterocycles. The van der Waals surface area contributed by atoms with Crippen LogP contribution in [0, 0.1) is 0 Å². The second-order valence-corrected chi connectivity index (χ2v) is 4.06. The van der Waals surface area contributed by atoms with Crippen molar-refractivity contribution in [3.05, 3.63) is 28.6 Å². The van der Waals surface area contributed by atoms with Crippen molar-refractivity contribution in [1.82, 2.24) is 5.32 Å². The maximum absolute atomic E-state index is 11.9. The fourth-order valence-corrected chi connectivity index (χ4v) is 1.27. The Morgan fingerprint density at radius 2 is 2.22 bits per heavy atom. The zero-order valence-corrected chi connectivity index (χ0v) is 10.5. The zero-order chi connectivity index (χ0) is 13.8. The number of amides is 1. The van der Waals surface area contributed by atoms with E-state index in [4.69, 9.17) is 9.52 Å².